The van der Waals surface area contributed by atoms with Gasteiger partial charge < -0.3 is 4.57 Å². The highest BCUT2D eigenvalue weighted by Gasteiger charge is 2.33. The molecule has 2 aromatic rings. The van der Waals surface area contributed by atoms with Crippen LogP contribution in [0, 0.1) is 0 Å². The summed E-state index contributed by atoms with van der Waals surface area (Å²) in [5, 5.41) is 0. The maximum absolute atomic E-state index is 13.0. The van der Waals surface area contributed by atoms with Crippen molar-refractivity contribution in [3.63, 3.8) is 0 Å². The van der Waals surface area contributed by atoms with Crippen molar-refractivity contribution in [2.75, 3.05) is 5.75 Å². The third kappa shape index (κ3) is 3.66. The standard InChI is InChI=1S/C15H14F3IN2O2S/c1-3-24(22,23)13-8-10(15(16,17)18)4-5-12(13)14-20-9-11(6-7-19)21(14)2/h4-9H,3H2,1-2H3. The van der Waals surface area contributed by atoms with Crippen LogP contribution in [0.1, 0.15) is 18.2 Å². The first-order valence-corrected chi connectivity index (χ1v) is 9.74. The Labute approximate surface area is 151 Å². The van der Waals surface area contributed by atoms with Crippen LogP contribution in [0.4, 0.5) is 13.2 Å². The Morgan fingerprint density at radius 3 is 2.54 bits per heavy atom. The van der Waals surface area contributed by atoms with Gasteiger partial charge in [-0.05, 0) is 28.4 Å². The summed E-state index contributed by atoms with van der Waals surface area (Å²) in [5.41, 5.74) is -0.139. The van der Waals surface area contributed by atoms with Gasteiger partial charge in [-0.25, -0.2) is 13.4 Å². The van der Waals surface area contributed by atoms with Gasteiger partial charge in [0.25, 0.3) is 0 Å². The molecule has 1 heterocycles. The number of hydrogen-bond acceptors (Lipinski definition) is 3. The smallest absolute Gasteiger partial charge is 0.328 e. The van der Waals surface area contributed by atoms with Gasteiger partial charge in [0.1, 0.15) is 5.82 Å². The molecule has 9 heteroatoms. The summed E-state index contributed by atoms with van der Waals surface area (Å²) in [7, 11) is -2.18. The van der Waals surface area contributed by atoms with Crippen molar-refractivity contribution >= 4 is 38.5 Å². The summed E-state index contributed by atoms with van der Waals surface area (Å²) >= 11 is 2.03. The van der Waals surface area contributed by atoms with Crippen molar-refractivity contribution in [1.82, 2.24) is 9.55 Å². The Balaban J connectivity index is 2.75. The average molecular weight is 470 g/mol. The van der Waals surface area contributed by atoms with E-state index in [-0.39, 0.29) is 16.2 Å². The third-order valence-electron chi connectivity index (χ3n) is 3.52. The van der Waals surface area contributed by atoms with Crippen LogP contribution in [-0.4, -0.2) is 23.7 Å². The Bertz CT molecular complexity index is 887. The third-order valence-corrected chi connectivity index (χ3v) is 5.65. The first kappa shape index (κ1) is 19.0. The summed E-state index contributed by atoms with van der Waals surface area (Å²) in [6.07, 6.45) is -1.33. The molecule has 0 radical (unpaired) electrons. The lowest BCUT2D eigenvalue weighted by Crippen LogP contribution is -2.11. The fourth-order valence-corrected chi connectivity index (χ4v) is 3.67. The molecule has 130 valence electrons. The molecule has 0 fully saturated rings. The van der Waals surface area contributed by atoms with Crippen molar-refractivity contribution < 1.29 is 21.6 Å². The van der Waals surface area contributed by atoms with E-state index < -0.39 is 21.6 Å². The molecular weight excluding hydrogens is 456 g/mol. The van der Waals surface area contributed by atoms with Gasteiger partial charge in [0, 0.05) is 12.6 Å². The molecule has 0 unspecified atom stereocenters. The SMILES string of the molecule is CCS(=O)(=O)c1cc(C(F)(F)F)ccc1-c1ncc(C=CI)n1C. The normalized spacial score (nSPS) is 12.9. The molecule has 0 saturated heterocycles. The minimum Gasteiger partial charge on any atom is -0.328 e. The second kappa shape index (κ2) is 6.87. The number of sulfone groups is 1. The minimum absolute atomic E-state index is 0.153. The zero-order valence-corrected chi connectivity index (χ0v) is 15.8. The van der Waals surface area contributed by atoms with Gasteiger partial charge in [0.15, 0.2) is 9.84 Å². The van der Waals surface area contributed by atoms with Gasteiger partial charge in [-0.3, -0.25) is 0 Å². The van der Waals surface area contributed by atoms with Gasteiger partial charge in [-0.2, -0.15) is 13.2 Å². The number of rotatable bonds is 4. The van der Waals surface area contributed by atoms with E-state index in [1.54, 1.807) is 21.8 Å². The summed E-state index contributed by atoms with van der Waals surface area (Å²) in [6, 6.07) is 2.70. The molecule has 0 spiro atoms. The molecule has 0 atom stereocenters. The molecule has 0 amide bonds. The van der Waals surface area contributed by atoms with Gasteiger partial charge in [-0.1, -0.05) is 29.5 Å². The molecule has 0 aliphatic heterocycles. The zero-order valence-electron chi connectivity index (χ0n) is 12.8. The van der Waals surface area contributed by atoms with Gasteiger partial charge in [0.2, 0.25) is 0 Å². The topological polar surface area (TPSA) is 52.0 Å². The highest BCUT2D eigenvalue weighted by molar-refractivity contribution is 14.1. The number of hydrogen-bond donors (Lipinski definition) is 0. The molecule has 0 saturated carbocycles. The van der Waals surface area contributed by atoms with E-state index in [0.29, 0.717) is 17.6 Å². The van der Waals surface area contributed by atoms with Crippen LogP contribution in [-0.2, 0) is 23.1 Å². The molecule has 1 aromatic heterocycles. The number of halogens is 4. The van der Waals surface area contributed by atoms with Crippen LogP contribution in [0.3, 0.4) is 0 Å². The average Bonchev–Trinajstić information content (AvgIpc) is 2.87. The lowest BCUT2D eigenvalue weighted by Gasteiger charge is -2.13. The number of alkyl halides is 3. The minimum atomic E-state index is -4.62. The van der Waals surface area contributed by atoms with Gasteiger partial charge in [0.05, 0.1) is 28.1 Å². The van der Waals surface area contributed by atoms with E-state index in [9.17, 15) is 21.6 Å². The second-order valence-corrected chi connectivity index (χ2v) is 7.94. The van der Waals surface area contributed by atoms with E-state index in [1.165, 1.54) is 13.1 Å². The van der Waals surface area contributed by atoms with Crippen LogP contribution in [0.25, 0.3) is 17.5 Å². The first-order chi connectivity index (χ1) is 11.1. The van der Waals surface area contributed by atoms with Crippen LogP contribution in [0.15, 0.2) is 33.4 Å². The van der Waals surface area contributed by atoms with E-state index in [0.717, 1.165) is 12.1 Å². The molecule has 24 heavy (non-hydrogen) atoms. The van der Waals surface area contributed by atoms with Crippen molar-refractivity contribution in [1.29, 1.82) is 0 Å². The molecule has 0 N–H and O–H groups in total. The Hall–Kier alpha value is -1.36. The highest BCUT2D eigenvalue weighted by Crippen LogP contribution is 2.35. The van der Waals surface area contributed by atoms with E-state index in [1.807, 2.05) is 22.6 Å². The summed E-state index contributed by atoms with van der Waals surface area (Å²) in [5.74, 6) is -0.00746. The molecule has 2 rings (SSSR count). The molecule has 0 aliphatic carbocycles. The fourth-order valence-electron chi connectivity index (χ4n) is 2.19. The predicted octanol–water partition coefficient (Wildman–Crippen LogP) is 4.31. The summed E-state index contributed by atoms with van der Waals surface area (Å²) in [6.45, 7) is 1.39. The molecule has 0 aliphatic rings. The molecular formula is C15H14F3IN2O2S. The number of benzene rings is 1. The van der Waals surface area contributed by atoms with E-state index >= 15 is 0 Å². The van der Waals surface area contributed by atoms with Crippen molar-refractivity contribution in [3.8, 4) is 11.4 Å². The monoisotopic (exact) mass is 470 g/mol. The number of nitrogens with zero attached hydrogens (tertiary/aromatic N) is 2. The van der Waals surface area contributed by atoms with Gasteiger partial charge in [-0.15, -0.1) is 0 Å². The zero-order chi connectivity index (χ0) is 18.1. The predicted molar refractivity (Wildman–Crippen MR) is 94.4 cm³/mol. The van der Waals surface area contributed by atoms with Crippen molar-refractivity contribution in [2.45, 2.75) is 18.0 Å². The van der Waals surface area contributed by atoms with E-state index in [2.05, 4.69) is 4.98 Å². The number of imidazole rings is 1. The molecule has 1 aromatic carbocycles. The van der Waals surface area contributed by atoms with Crippen LogP contribution < -0.4 is 0 Å². The molecule has 0 bridgehead atoms. The van der Waals surface area contributed by atoms with Crippen molar-refractivity contribution in [2.24, 2.45) is 7.05 Å². The quantitative estimate of drug-likeness (QED) is 0.627. The lowest BCUT2D eigenvalue weighted by atomic mass is 10.1. The molecule has 4 nitrogen and oxygen atoms in total. The van der Waals surface area contributed by atoms with E-state index in [4.69, 9.17) is 0 Å². The largest absolute Gasteiger partial charge is 0.416 e. The Morgan fingerprint density at radius 2 is 2.00 bits per heavy atom. The number of aromatic nitrogens is 2. The lowest BCUT2D eigenvalue weighted by molar-refractivity contribution is -0.137. The Kier molecular flexibility index (Phi) is 5.43. The highest BCUT2D eigenvalue weighted by atomic mass is 127. The van der Waals surface area contributed by atoms with Crippen LogP contribution in [0.2, 0.25) is 0 Å². The Morgan fingerprint density at radius 1 is 1.33 bits per heavy atom. The fraction of sp³-hybridized carbons (Fsp3) is 0.267. The van der Waals surface area contributed by atoms with Gasteiger partial charge >= 0.3 is 6.18 Å². The summed E-state index contributed by atoms with van der Waals surface area (Å²) in [4.78, 5) is 3.81. The summed E-state index contributed by atoms with van der Waals surface area (Å²) < 4.78 is 66.8. The van der Waals surface area contributed by atoms with Crippen molar-refractivity contribution in [3.05, 3.63) is 39.7 Å². The maximum atomic E-state index is 13.0. The van der Waals surface area contributed by atoms with Crippen LogP contribution >= 0.6 is 22.6 Å². The first-order valence-electron chi connectivity index (χ1n) is 6.84. The van der Waals surface area contributed by atoms with Crippen LogP contribution in [0.5, 0.6) is 0 Å². The second-order valence-electron chi connectivity index (χ2n) is 4.97. The maximum Gasteiger partial charge on any atom is 0.416 e.